The van der Waals surface area contributed by atoms with Gasteiger partial charge in [-0.3, -0.25) is 19.4 Å². The second-order valence-corrected chi connectivity index (χ2v) is 10.7. The molecule has 1 fully saturated rings. The first kappa shape index (κ1) is 21.5. The number of amides is 1. The normalized spacial score (nSPS) is 18.5. The molecule has 0 aromatic carbocycles. The van der Waals surface area contributed by atoms with Gasteiger partial charge in [0.1, 0.15) is 0 Å². The number of aryl methyl sites for hydroxylation is 2. The lowest BCUT2D eigenvalue weighted by atomic mass is 9.89. The molecule has 3 aromatic heterocycles. The summed E-state index contributed by atoms with van der Waals surface area (Å²) in [4.78, 5) is 24.7. The van der Waals surface area contributed by atoms with Crippen LogP contribution in [-0.2, 0) is 25.9 Å². The Kier molecular flexibility index (Phi) is 5.27. The topological polar surface area (TPSA) is 63.9 Å². The van der Waals surface area contributed by atoms with Crippen molar-refractivity contribution in [1.82, 2.24) is 24.6 Å². The summed E-state index contributed by atoms with van der Waals surface area (Å²) in [7, 11) is 0. The van der Waals surface area contributed by atoms with Crippen molar-refractivity contribution in [3.63, 3.8) is 0 Å². The molecule has 3 aliphatic rings. The van der Waals surface area contributed by atoms with Crippen LogP contribution in [0.1, 0.15) is 79.7 Å². The summed E-state index contributed by atoms with van der Waals surface area (Å²) in [5.74, 6) is 0.0894. The van der Waals surface area contributed by atoms with Crippen LogP contribution in [-0.4, -0.2) is 37.1 Å². The molecule has 34 heavy (non-hydrogen) atoms. The van der Waals surface area contributed by atoms with Gasteiger partial charge in [-0.25, -0.2) is 0 Å². The smallest absolute Gasteiger partial charge is 0.256 e. The lowest BCUT2D eigenvalue weighted by Gasteiger charge is -2.23. The number of carbonyl (C=O) groups excluding carboxylic acids is 1. The fourth-order valence-electron chi connectivity index (χ4n) is 6.09. The summed E-state index contributed by atoms with van der Waals surface area (Å²) in [5, 5.41) is 4.74. The van der Waals surface area contributed by atoms with Crippen LogP contribution in [0.4, 0.5) is 0 Å². The lowest BCUT2D eigenvalue weighted by molar-refractivity contribution is 0.0778. The van der Waals surface area contributed by atoms with Crippen molar-refractivity contribution in [1.29, 1.82) is 0 Å². The van der Waals surface area contributed by atoms with Gasteiger partial charge in [0.15, 0.2) is 0 Å². The van der Waals surface area contributed by atoms with E-state index < -0.39 is 0 Å². The standard InChI is InChI=1S/C28H33N5O/c1-3-11-32-17-25-23(27(32)34)13-20(14-29-25)26-22(12-19-7-6-8-24(19)31-26)21-15-30-33(16-21)18-28(2)9-4-5-10-28/h12-16H,3-11,17-18H2,1-2H3. The van der Waals surface area contributed by atoms with Crippen molar-refractivity contribution in [2.24, 2.45) is 5.41 Å². The van der Waals surface area contributed by atoms with Crippen LogP contribution in [0, 0.1) is 5.41 Å². The third-order valence-electron chi connectivity index (χ3n) is 7.94. The van der Waals surface area contributed by atoms with Gasteiger partial charge in [-0.2, -0.15) is 5.10 Å². The van der Waals surface area contributed by atoms with Crippen molar-refractivity contribution in [3.8, 4) is 22.4 Å². The van der Waals surface area contributed by atoms with Gasteiger partial charge in [0.25, 0.3) is 5.91 Å². The molecule has 1 amide bonds. The van der Waals surface area contributed by atoms with Gasteiger partial charge in [0, 0.05) is 47.9 Å². The van der Waals surface area contributed by atoms with Crippen molar-refractivity contribution in [2.45, 2.75) is 78.3 Å². The van der Waals surface area contributed by atoms with Crippen molar-refractivity contribution < 1.29 is 4.79 Å². The number of carbonyl (C=O) groups is 1. The highest BCUT2D eigenvalue weighted by molar-refractivity contribution is 5.99. The molecule has 0 radical (unpaired) electrons. The average Bonchev–Trinajstić information content (AvgIpc) is 3.62. The van der Waals surface area contributed by atoms with Crippen LogP contribution >= 0.6 is 0 Å². The van der Waals surface area contributed by atoms with Gasteiger partial charge in [0.2, 0.25) is 0 Å². The Balaban J connectivity index is 1.39. The maximum Gasteiger partial charge on any atom is 0.256 e. The van der Waals surface area contributed by atoms with E-state index in [0.717, 1.165) is 72.4 Å². The Bertz CT molecular complexity index is 1250. The van der Waals surface area contributed by atoms with E-state index in [1.54, 1.807) is 0 Å². The van der Waals surface area contributed by atoms with E-state index in [2.05, 4.69) is 30.8 Å². The first-order chi connectivity index (χ1) is 16.5. The molecule has 1 aliphatic heterocycles. The zero-order valence-corrected chi connectivity index (χ0v) is 20.3. The van der Waals surface area contributed by atoms with Gasteiger partial charge >= 0.3 is 0 Å². The molecule has 2 aliphatic carbocycles. The molecule has 0 bridgehead atoms. The summed E-state index contributed by atoms with van der Waals surface area (Å²) in [5.41, 5.74) is 8.51. The fraction of sp³-hybridized carbons (Fsp3) is 0.500. The Labute approximate surface area is 201 Å². The number of aromatic nitrogens is 4. The number of pyridine rings is 2. The largest absolute Gasteiger partial charge is 0.333 e. The zero-order chi connectivity index (χ0) is 23.3. The first-order valence-corrected chi connectivity index (χ1v) is 12.9. The minimum Gasteiger partial charge on any atom is -0.333 e. The second kappa shape index (κ2) is 8.33. The number of fused-ring (bicyclic) bond motifs is 2. The van der Waals surface area contributed by atoms with E-state index in [9.17, 15) is 4.79 Å². The van der Waals surface area contributed by atoms with Crippen LogP contribution in [0.25, 0.3) is 22.4 Å². The van der Waals surface area contributed by atoms with Crippen LogP contribution in [0.2, 0.25) is 0 Å². The molecule has 6 heteroatoms. The van der Waals surface area contributed by atoms with E-state index in [-0.39, 0.29) is 5.91 Å². The van der Waals surface area contributed by atoms with Crippen LogP contribution in [0.15, 0.2) is 30.7 Å². The first-order valence-electron chi connectivity index (χ1n) is 12.9. The molecule has 1 saturated carbocycles. The monoisotopic (exact) mass is 455 g/mol. The molecule has 176 valence electrons. The zero-order valence-electron chi connectivity index (χ0n) is 20.3. The predicted molar refractivity (Wildman–Crippen MR) is 132 cm³/mol. The second-order valence-electron chi connectivity index (χ2n) is 10.7. The molecule has 0 saturated heterocycles. The van der Waals surface area contributed by atoms with E-state index in [4.69, 9.17) is 15.1 Å². The van der Waals surface area contributed by atoms with Gasteiger partial charge in [-0.1, -0.05) is 26.7 Å². The van der Waals surface area contributed by atoms with E-state index >= 15 is 0 Å². The Morgan fingerprint density at radius 1 is 1.00 bits per heavy atom. The molecule has 4 heterocycles. The van der Waals surface area contributed by atoms with Crippen LogP contribution in [0.3, 0.4) is 0 Å². The number of hydrogen-bond donors (Lipinski definition) is 0. The summed E-state index contributed by atoms with van der Waals surface area (Å²) < 4.78 is 2.12. The maximum absolute atomic E-state index is 13.0. The summed E-state index contributed by atoms with van der Waals surface area (Å²) in [6, 6.07) is 4.32. The van der Waals surface area contributed by atoms with Crippen molar-refractivity contribution in [3.05, 3.63) is 53.2 Å². The van der Waals surface area contributed by atoms with E-state index in [0.29, 0.717) is 12.0 Å². The number of hydrogen-bond acceptors (Lipinski definition) is 4. The van der Waals surface area contributed by atoms with Crippen molar-refractivity contribution >= 4 is 5.91 Å². The van der Waals surface area contributed by atoms with Gasteiger partial charge < -0.3 is 4.90 Å². The third kappa shape index (κ3) is 3.73. The maximum atomic E-state index is 13.0. The summed E-state index contributed by atoms with van der Waals surface area (Å²) in [6.45, 7) is 6.83. The van der Waals surface area contributed by atoms with Gasteiger partial charge in [-0.05, 0) is 61.6 Å². The van der Waals surface area contributed by atoms with Crippen molar-refractivity contribution in [2.75, 3.05) is 6.54 Å². The minimum atomic E-state index is 0.0894. The van der Waals surface area contributed by atoms with Crippen LogP contribution in [0.5, 0.6) is 0 Å². The average molecular weight is 456 g/mol. The minimum absolute atomic E-state index is 0.0894. The van der Waals surface area contributed by atoms with E-state index in [1.807, 2.05) is 23.4 Å². The highest BCUT2D eigenvalue weighted by Gasteiger charge is 2.31. The molecule has 6 rings (SSSR count). The third-order valence-corrected chi connectivity index (χ3v) is 7.94. The summed E-state index contributed by atoms with van der Waals surface area (Å²) in [6.07, 6.45) is 15.5. The molecule has 0 N–H and O–H groups in total. The molecular weight excluding hydrogens is 422 g/mol. The lowest BCUT2D eigenvalue weighted by Crippen LogP contribution is -2.24. The van der Waals surface area contributed by atoms with Gasteiger partial charge in [-0.15, -0.1) is 0 Å². The van der Waals surface area contributed by atoms with E-state index in [1.165, 1.54) is 36.9 Å². The Morgan fingerprint density at radius 2 is 1.85 bits per heavy atom. The molecule has 6 nitrogen and oxygen atoms in total. The molecule has 3 aromatic rings. The SMILES string of the molecule is CCCN1Cc2ncc(-c3nc4c(cc3-c3cnn(CC5(C)CCCC5)c3)CCC4)cc2C1=O. The predicted octanol–water partition coefficient (Wildman–Crippen LogP) is 5.44. The highest BCUT2D eigenvalue weighted by atomic mass is 16.2. The molecule has 0 spiro atoms. The Morgan fingerprint density at radius 3 is 2.68 bits per heavy atom. The number of nitrogens with zero attached hydrogens (tertiary/aromatic N) is 5. The fourth-order valence-corrected chi connectivity index (χ4v) is 6.09. The van der Waals surface area contributed by atoms with Gasteiger partial charge in [0.05, 0.1) is 29.7 Å². The Hall–Kier alpha value is -3.02. The molecular formula is C28H33N5O. The summed E-state index contributed by atoms with van der Waals surface area (Å²) >= 11 is 0. The highest BCUT2D eigenvalue weighted by Crippen LogP contribution is 2.40. The quantitative estimate of drug-likeness (QED) is 0.496. The number of rotatable bonds is 6. The molecule has 0 atom stereocenters. The molecule has 0 unspecified atom stereocenters. The van der Waals surface area contributed by atoms with Crippen LogP contribution < -0.4 is 0 Å².